The van der Waals surface area contributed by atoms with Crippen LogP contribution in [-0.2, 0) is 4.74 Å². The Morgan fingerprint density at radius 3 is 2.88 bits per heavy atom. The summed E-state index contributed by atoms with van der Waals surface area (Å²) in [6.45, 7) is 6.95. The Bertz CT molecular complexity index is 267. The van der Waals surface area contributed by atoms with Gasteiger partial charge in [-0.15, -0.1) is 0 Å². The molecule has 3 atom stereocenters. The summed E-state index contributed by atoms with van der Waals surface area (Å²) in [6.07, 6.45) is 5.73. The molecule has 2 N–H and O–H groups in total. The Morgan fingerprint density at radius 2 is 2.18 bits per heavy atom. The molecule has 4 nitrogen and oxygen atoms in total. The molecule has 1 saturated carbocycles. The summed E-state index contributed by atoms with van der Waals surface area (Å²) in [7, 11) is 0. The van der Waals surface area contributed by atoms with Crippen molar-refractivity contribution in [3.63, 3.8) is 0 Å². The zero-order chi connectivity index (χ0) is 12.1. The molecule has 3 unspecified atom stereocenters. The van der Waals surface area contributed by atoms with Crippen molar-refractivity contribution >= 4 is 5.96 Å². The van der Waals surface area contributed by atoms with Crippen LogP contribution in [-0.4, -0.2) is 37.8 Å². The quantitative estimate of drug-likeness (QED) is 0.731. The fourth-order valence-electron chi connectivity index (χ4n) is 2.57. The van der Waals surface area contributed by atoms with E-state index in [-0.39, 0.29) is 0 Å². The zero-order valence-corrected chi connectivity index (χ0v) is 11.0. The van der Waals surface area contributed by atoms with Crippen LogP contribution in [0.25, 0.3) is 0 Å². The highest BCUT2D eigenvalue weighted by atomic mass is 16.5. The van der Waals surface area contributed by atoms with Gasteiger partial charge in [0.1, 0.15) is 0 Å². The average molecular weight is 239 g/mol. The topological polar surface area (TPSA) is 45.7 Å². The van der Waals surface area contributed by atoms with E-state index in [1.807, 2.05) is 0 Å². The van der Waals surface area contributed by atoms with Crippen molar-refractivity contribution in [2.45, 2.75) is 51.7 Å². The number of ether oxygens (including phenoxy) is 1. The second kappa shape index (κ2) is 6.24. The van der Waals surface area contributed by atoms with E-state index in [1.54, 1.807) is 0 Å². The number of rotatable bonds is 4. The van der Waals surface area contributed by atoms with Crippen molar-refractivity contribution in [3.8, 4) is 0 Å². The minimum atomic E-state index is 0.469. The minimum Gasteiger partial charge on any atom is -0.376 e. The predicted octanol–water partition coefficient (Wildman–Crippen LogP) is 1.52. The molecule has 2 rings (SSSR count). The van der Waals surface area contributed by atoms with E-state index >= 15 is 0 Å². The number of nitrogens with one attached hydrogen (secondary N) is 2. The van der Waals surface area contributed by atoms with Crippen molar-refractivity contribution in [2.75, 3.05) is 19.7 Å². The van der Waals surface area contributed by atoms with Gasteiger partial charge < -0.3 is 15.4 Å². The first-order valence-corrected chi connectivity index (χ1v) is 6.92. The number of nitrogens with zero attached hydrogens (tertiary/aromatic N) is 1. The third-order valence-electron chi connectivity index (χ3n) is 3.67. The van der Waals surface area contributed by atoms with Crippen molar-refractivity contribution in [3.05, 3.63) is 0 Å². The molecule has 1 heterocycles. The molecule has 0 aromatic heterocycles. The van der Waals surface area contributed by atoms with Gasteiger partial charge in [0.05, 0.1) is 19.3 Å². The van der Waals surface area contributed by atoms with Crippen LogP contribution in [0, 0.1) is 5.92 Å². The third kappa shape index (κ3) is 3.87. The molecule has 0 saturated heterocycles. The molecule has 0 aromatic rings. The molecule has 0 amide bonds. The van der Waals surface area contributed by atoms with Gasteiger partial charge in [-0.1, -0.05) is 19.8 Å². The second-order valence-electron chi connectivity index (χ2n) is 5.33. The lowest BCUT2D eigenvalue weighted by atomic mass is 9.88. The predicted molar refractivity (Wildman–Crippen MR) is 70.3 cm³/mol. The Labute approximate surface area is 104 Å². The van der Waals surface area contributed by atoms with Gasteiger partial charge in [-0.2, -0.15) is 0 Å². The first-order valence-electron chi connectivity index (χ1n) is 6.92. The van der Waals surface area contributed by atoms with Crippen LogP contribution in [0.4, 0.5) is 0 Å². The zero-order valence-electron chi connectivity index (χ0n) is 11.0. The molecule has 2 aliphatic rings. The van der Waals surface area contributed by atoms with E-state index in [0.29, 0.717) is 12.1 Å². The Balaban J connectivity index is 1.56. The summed E-state index contributed by atoms with van der Waals surface area (Å²) in [4.78, 5) is 4.35. The Kier molecular flexibility index (Phi) is 4.66. The summed E-state index contributed by atoms with van der Waals surface area (Å²) in [5.41, 5.74) is 0. The second-order valence-corrected chi connectivity index (χ2v) is 5.33. The van der Waals surface area contributed by atoms with Crippen LogP contribution in [0.3, 0.4) is 0 Å². The lowest BCUT2D eigenvalue weighted by molar-refractivity contribution is -0.00202. The number of guanidine groups is 1. The number of hydrogen-bond acceptors (Lipinski definition) is 4. The Hall–Kier alpha value is -0.770. The van der Waals surface area contributed by atoms with Crippen LogP contribution in [0.1, 0.15) is 39.5 Å². The Morgan fingerprint density at radius 1 is 1.35 bits per heavy atom. The highest BCUT2D eigenvalue weighted by Crippen LogP contribution is 2.25. The van der Waals surface area contributed by atoms with Gasteiger partial charge in [-0.25, -0.2) is 0 Å². The molecule has 0 spiro atoms. The fraction of sp³-hybridized carbons (Fsp3) is 0.923. The summed E-state index contributed by atoms with van der Waals surface area (Å²) < 4.78 is 5.94. The summed E-state index contributed by atoms with van der Waals surface area (Å²) in [5.74, 6) is 1.66. The highest BCUT2D eigenvalue weighted by molar-refractivity contribution is 5.81. The van der Waals surface area contributed by atoms with E-state index in [0.717, 1.165) is 31.6 Å². The first-order chi connectivity index (χ1) is 8.25. The molecule has 17 heavy (non-hydrogen) atoms. The van der Waals surface area contributed by atoms with E-state index in [9.17, 15) is 0 Å². The molecule has 98 valence electrons. The number of hydrogen-bond donors (Lipinski definition) is 2. The van der Waals surface area contributed by atoms with Crippen molar-refractivity contribution in [1.29, 1.82) is 0 Å². The maximum Gasteiger partial charge on any atom is 0.191 e. The van der Waals surface area contributed by atoms with Gasteiger partial charge in [-0.05, 0) is 25.7 Å². The molecule has 0 aromatic carbocycles. The van der Waals surface area contributed by atoms with Crippen LogP contribution < -0.4 is 10.6 Å². The van der Waals surface area contributed by atoms with Gasteiger partial charge in [0, 0.05) is 12.6 Å². The van der Waals surface area contributed by atoms with E-state index < -0.39 is 0 Å². The summed E-state index contributed by atoms with van der Waals surface area (Å²) in [6, 6.07) is 0.469. The monoisotopic (exact) mass is 239 g/mol. The van der Waals surface area contributed by atoms with Gasteiger partial charge in [-0.3, -0.25) is 4.99 Å². The SMILES string of the molecule is CC1CN=C(NCCOC2CCCCC2C)N1. The molecule has 1 fully saturated rings. The van der Waals surface area contributed by atoms with Gasteiger partial charge in [0.15, 0.2) is 5.96 Å². The lowest BCUT2D eigenvalue weighted by Crippen LogP contribution is -2.39. The van der Waals surface area contributed by atoms with Crippen LogP contribution in [0.5, 0.6) is 0 Å². The van der Waals surface area contributed by atoms with Crippen molar-refractivity contribution in [1.82, 2.24) is 10.6 Å². The maximum atomic E-state index is 5.94. The first kappa shape index (κ1) is 12.7. The molecule has 1 aliphatic carbocycles. The molecule has 1 aliphatic heterocycles. The van der Waals surface area contributed by atoms with E-state index in [4.69, 9.17) is 4.74 Å². The van der Waals surface area contributed by atoms with Crippen LogP contribution in [0.2, 0.25) is 0 Å². The molecule has 0 bridgehead atoms. The average Bonchev–Trinajstić information content (AvgIpc) is 2.73. The molecule has 0 radical (unpaired) electrons. The van der Waals surface area contributed by atoms with E-state index in [2.05, 4.69) is 29.5 Å². The normalized spacial score (nSPS) is 33.1. The molecular weight excluding hydrogens is 214 g/mol. The lowest BCUT2D eigenvalue weighted by Gasteiger charge is -2.28. The van der Waals surface area contributed by atoms with Crippen molar-refractivity contribution in [2.24, 2.45) is 10.9 Å². The third-order valence-corrected chi connectivity index (χ3v) is 3.67. The van der Waals surface area contributed by atoms with Gasteiger partial charge in [0.25, 0.3) is 0 Å². The van der Waals surface area contributed by atoms with Crippen molar-refractivity contribution < 1.29 is 4.74 Å². The maximum absolute atomic E-state index is 5.94. The summed E-state index contributed by atoms with van der Waals surface area (Å²) in [5, 5.41) is 6.56. The fourth-order valence-corrected chi connectivity index (χ4v) is 2.57. The van der Waals surface area contributed by atoms with Gasteiger partial charge in [0.2, 0.25) is 0 Å². The smallest absolute Gasteiger partial charge is 0.191 e. The van der Waals surface area contributed by atoms with Gasteiger partial charge >= 0.3 is 0 Å². The minimum absolute atomic E-state index is 0.469. The number of aliphatic imine (C=N–C) groups is 1. The summed E-state index contributed by atoms with van der Waals surface area (Å²) >= 11 is 0. The van der Waals surface area contributed by atoms with Crippen LogP contribution >= 0.6 is 0 Å². The largest absolute Gasteiger partial charge is 0.376 e. The standard InChI is InChI=1S/C13H25N3O/c1-10-5-3-4-6-12(10)17-8-7-14-13-15-9-11(2)16-13/h10-12H,3-9H2,1-2H3,(H2,14,15,16). The molecular formula is C13H25N3O. The van der Waals surface area contributed by atoms with Crippen LogP contribution in [0.15, 0.2) is 4.99 Å². The highest BCUT2D eigenvalue weighted by Gasteiger charge is 2.21. The van der Waals surface area contributed by atoms with E-state index in [1.165, 1.54) is 25.7 Å². The molecule has 4 heteroatoms.